The minimum absolute atomic E-state index is 0.00477. The zero-order valence-corrected chi connectivity index (χ0v) is 11.1. The summed E-state index contributed by atoms with van der Waals surface area (Å²) in [5.74, 6) is 1.43. The third-order valence-electron chi connectivity index (χ3n) is 3.94. The van der Waals surface area contributed by atoms with Gasteiger partial charge in [0.05, 0.1) is 7.11 Å². The lowest BCUT2D eigenvalue weighted by molar-refractivity contribution is -0.127. The van der Waals surface area contributed by atoms with Gasteiger partial charge in [-0.2, -0.15) is 0 Å². The van der Waals surface area contributed by atoms with Crippen molar-refractivity contribution in [2.24, 2.45) is 0 Å². The van der Waals surface area contributed by atoms with Gasteiger partial charge in [0.25, 0.3) is 5.91 Å². The van der Waals surface area contributed by atoms with E-state index in [2.05, 4.69) is 5.32 Å². The van der Waals surface area contributed by atoms with Crippen LogP contribution in [-0.2, 0) is 11.2 Å². The zero-order chi connectivity index (χ0) is 13.2. The van der Waals surface area contributed by atoms with Gasteiger partial charge in [-0.15, -0.1) is 0 Å². The Morgan fingerprint density at radius 1 is 1.37 bits per heavy atom. The molecule has 1 heterocycles. The highest BCUT2D eigenvalue weighted by atomic mass is 16.5. The molecule has 4 nitrogen and oxygen atoms in total. The summed E-state index contributed by atoms with van der Waals surface area (Å²) in [7, 11) is 1.62. The van der Waals surface area contributed by atoms with Crippen LogP contribution >= 0.6 is 0 Å². The highest BCUT2D eigenvalue weighted by molar-refractivity contribution is 5.83. The third kappa shape index (κ3) is 2.39. The molecule has 1 aliphatic heterocycles. The molecule has 1 fully saturated rings. The Balaban J connectivity index is 1.67. The second-order valence-corrected chi connectivity index (χ2v) is 5.25. The molecule has 102 valence electrons. The van der Waals surface area contributed by atoms with Crippen LogP contribution in [0.3, 0.4) is 0 Å². The van der Waals surface area contributed by atoms with Crippen molar-refractivity contribution in [2.45, 2.75) is 44.2 Å². The molecule has 1 amide bonds. The van der Waals surface area contributed by atoms with Crippen LogP contribution in [0.5, 0.6) is 11.5 Å². The Hall–Kier alpha value is -1.71. The van der Waals surface area contributed by atoms with Crippen LogP contribution in [0.2, 0.25) is 0 Å². The minimum Gasteiger partial charge on any atom is -0.493 e. The van der Waals surface area contributed by atoms with Crippen LogP contribution in [0.25, 0.3) is 0 Å². The van der Waals surface area contributed by atoms with E-state index in [0.29, 0.717) is 18.2 Å². The van der Waals surface area contributed by atoms with Crippen LogP contribution in [0, 0.1) is 0 Å². The van der Waals surface area contributed by atoms with Gasteiger partial charge in [-0.05, 0) is 18.9 Å². The Kier molecular flexibility index (Phi) is 3.32. The van der Waals surface area contributed by atoms with E-state index in [4.69, 9.17) is 9.47 Å². The SMILES string of the molecule is COc1cccc2c1OC(C(=O)NC1CCCC1)C2. The monoisotopic (exact) mass is 261 g/mol. The lowest BCUT2D eigenvalue weighted by Crippen LogP contribution is -2.42. The number of amides is 1. The van der Waals surface area contributed by atoms with E-state index in [0.717, 1.165) is 24.2 Å². The molecule has 0 aromatic heterocycles. The maximum Gasteiger partial charge on any atom is 0.261 e. The number of hydrogen-bond donors (Lipinski definition) is 1. The lowest BCUT2D eigenvalue weighted by atomic mass is 10.1. The molecule has 19 heavy (non-hydrogen) atoms. The number of nitrogens with one attached hydrogen (secondary N) is 1. The molecule has 1 aromatic rings. The summed E-state index contributed by atoms with van der Waals surface area (Å²) in [5, 5.41) is 3.09. The summed E-state index contributed by atoms with van der Waals surface area (Å²) < 4.78 is 11.0. The highest BCUT2D eigenvalue weighted by Gasteiger charge is 2.32. The standard InChI is InChI=1S/C15H19NO3/c1-18-12-8-4-5-10-9-13(19-14(10)12)15(17)16-11-6-2-3-7-11/h4-5,8,11,13H,2-3,6-7,9H2,1H3,(H,16,17). The highest BCUT2D eigenvalue weighted by Crippen LogP contribution is 2.37. The number of hydrogen-bond acceptors (Lipinski definition) is 3. The molecule has 1 unspecified atom stereocenters. The van der Waals surface area contributed by atoms with E-state index in [1.54, 1.807) is 7.11 Å². The number of ether oxygens (including phenoxy) is 2. The molecule has 0 spiro atoms. The van der Waals surface area contributed by atoms with Crippen molar-refractivity contribution < 1.29 is 14.3 Å². The Morgan fingerprint density at radius 2 is 2.16 bits per heavy atom. The van der Waals surface area contributed by atoms with Gasteiger partial charge in [0.15, 0.2) is 17.6 Å². The fraction of sp³-hybridized carbons (Fsp3) is 0.533. The molecule has 2 aliphatic rings. The van der Waals surface area contributed by atoms with Gasteiger partial charge in [-0.25, -0.2) is 0 Å². The Morgan fingerprint density at radius 3 is 2.89 bits per heavy atom. The average molecular weight is 261 g/mol. The Labute approximate surface area is 113 Å². The molecular weight excluding hydrogens is 242 g/mol. The molecule has 1 atom stereocenters. The molecule has 0 bridgehead atoms. The van der Waals surface area contributed by atoms with Crippen LogP contribution < -0.4 is 14.8 Å². The van der Waals surface area contributed by atoms with E-state index in [9.17, 15) is 4.79 Å². The van der Waals surface area contributed by atoms with E-state index in [-0.39, 0.29) is 5.91 Å². The predicted molar refractivity (Wildman–Crippen MR) is 71.5 cm³/mol. The van der Waals surface area contributed by atoms with Crippen molar-refractivity contribution in [1.82, 2.24) is 5.32 Å². The fourth-order valence-corrected chi connectivity index (χ4v) is 2.91. The van der Waals surface area contributed by atoms with Gasteiger partial charge in [-0.3, -0.25) is 4.79 Å². The first-order valence-electron chi connectivity index (χ1n) is 6.91. The van der Waals surface area contributed by atoms with Crippen molar-refractivity contribution in [3.8, 4) is 11.5 Å². The summed E-state index contributed by atoms with van der Waals surface area (Å²) >= 11 is 0. The van der Waals surface area contributed by atoms with E-state index >= 15 is 0 Å². The predicted octanol–water partition coefficient (Wildman–Crippen LogP) is 2.06. The first kappa shape index (κ1) is 12.3. The largest absolute Gasteiger partial charge is 0.493 e. The number of benzene rings is 1. The lowest BCUT2D eigenvalue weighted by Gasteiger charge is -2.16. The Bertz CT molecular complexity index is 480. The quantitative estimate of drug-likeness (QED) is 0.906. The van der Waals surface area contributed by atoms with E-state index in [1.807, 2.05) is 18.2 Å². The van der Waals surface area contributed by atoms with Crippen molar-refractivity contribution >= 4 is 5.91 Å². The van der Waals surface area contributed by atoms with Crippen LogP contribution in [-0.4, -0.2) is 25.2 Å². The third-order valence-corrected chi connectivity index (χ3v) is 3.94. The van der Waals surface area contributed by atoms with Crippen molar-refractivity contribution in [2.75, 3.05) is 7.11 Å². The maximum absolute atomic E-state index is 12.2. The molecule has 1 aromatic carbocycles. The fourth-order valence-electron chi connectivity index (χ4n) is 2.91. The number of carbonyl (C=O) groups excluding carboxylic acids is 1. The normalized spacial score (nSPS) is 21.8. The minimum atomic E-state index is -0.410. The molecule has 0 radical (unpaired) electrons. The van der Waals surface area contributed by atoms with Gasteiger partial charge in [0, 0.05) is 18.0 Å². The van der Waals surface area contributed by atoms with E-state index < -0.39 is 6.10 Å². The zero-order valence-electron chi connectivity index (χ0n) is 11.1. The van der Waals surface area contributed by atoms with Crippen LogP contribution in [0.4, 0.5) is 0 Å². The number of carbonyl (C=O) groups is 1. The molecule has 1 N–H and O–H groups in total. The van der Waals surface area contributed by atoms with Gasteiger partial charge in [0.1, 0.15) is 0 Å². The molecule has 0 saturated heterocycles. The average Bonchev–Trinajstić information content (AvgIpc) is 3.06. The second-order valence-electron chi connectivity index (χ2n) is 5.25. The molecule has 1 saturated carbocycles. The maximum atomic E-state index is 12.2. The topological polar surface area (TPSA) is 47.6 Å². The summed E-state index contributed by atoms with van der Waals surface area (Å²) in [4.78, 5) is 12.2. The van der Waals surface area contributed by atoms with Crippen molar-refractivity contribution in [1.29, 1.82) is 0 Å². The van der Waals surface area contributed by atoms with Crippen LogP contribution in [0.15, 0.2) is 18.2 Å². The van der Waals surface area contributed by atoms with Gasteiger partial charge < -0.3 is 14.8 Å². The van der Waals surface area contributed by atoms with Crippen molar-refractivity contribution in [3.63, 3.8) is 0 Å². The molecule has 4 heteroatoms. The van der Waals surface area contributed by atoms with Gasteiger partial charge in [-0.1, -0.05) is 25.0 Å². The first-order valence-corrected chi connectivity index (χ1v) is 6.91. The summed E-state index contributed by atoms with van der Waals surface area (Å²) in [6.07, 6.45) is 4.83. The second kappa shape index (κ2) is 5.11. The number of rotatable bonds is 3. The summed E-state index contributed by atoms with van der Waals surface area (Å²) in [6.45, 7) is 0. The first-order chi connectivity index (χ1) is 9.28. The number of fused-ring (bicyclic) bond motifs is 1. The van der Waals surface area contributed by atoms with Gasteiger partial charge in [0.2, 0.25) is 0 Å². The molecule has 3 rings (SSSR count). The van der Waals surface area contributed by atoms with Gasteiger partial charge >= 0.3 is 0 Å². The van der Waals surface area contributed by atoms with E-state index in [1.165, 1.54) is 12.8 Å². The van der Waals surface area contributed by atoms with Crippen LogP contribution in [0.1, 0.15) is 31.2 Å². The molecular formula is C15H19NO3. The summed E-state index contributed by atoms with van der Waals surface area (Å²) in [5.41, 5.74) is 1.05. The molecule has 1 aliphatic carbocycles. The summed E-state index contributed by atoms with van der Waals surface area (Å²) in [6, 6.07) is 6.11. The van der Waals surface area contributed by atoms with Crippen molar-refractivity contribution in [3.05, 3.63) is 23.8 Å². The smallest absolute Gasteiger partial charge is 0.261 e. The number of para-hydroxylation sites is 1. The number of methoxy groups -OCH3 is 1.